The Morgan fingerprint density at radius 2 is 1.89 bits per heavy atom. The highest BCUT2D eigenvalue weighted by Gasteiger charge is 2.11. The Labute approximate surface area is 112 Å². The zero-order valence-corrected chi connectivity index (χ0v) is 11.0. The Kier molecular flexibility index (Phi) is 3.51. The zero-order chi connectivity index (χ0) is 14.0. The van der Waals surface area contributed by atoms with E-state index in [0.717, 1.165) is 12.0 Å². The average Bonchev–Trinajstić information content (AvgIpc) is 2.33. The van der Waals surface area contributed by atoms with Crippen molar-refractivity contribution in [1.82, 2.24) is 0 Å². The van der Waals surface area contributed by atoms with Gasteiger partial charge in [0.2, 0.25) is 0 Å². The maximum Gasteiger partial charge on any atom is 0.292 e. The van der Waals surface area contributed by atoms with E-state index in [1.54, 1.807) is 12.1 Å². The summed E-state index contributed by atoms with van der Waals surface area (Å²) < 4.78 is 0. The summed E-state index contributed by atoms with van der Waals surface area (Å²) in [5.74, 6) is 0. The van der Waals surface area contributed by atoms with E-state index in [9.17, 15) is 10.1 Å². The summed E-state index contributed by atoms with van der Waals surface area (Å²) in [7, 11) is 0. The van der Waals surface area contributed by atoms with Gasteiger partial charge in [0.25, 0.3) is 5.69 Å². The molecule has 0 aliphatic rings. The molecule has 2 rings (SSSR count). The molecule has 0 heterocycles. The predicted octanol–water partition coefficient (Wildman–Crippen LogP) is 3.38. The van der Waals surface area contributed by atoms with Crippen molar-refractivity contribution in [2.75, 3.05) is 5.73 Å². The van der Waals surface area contributed by atoms with Crippen molar-refractivity contribution in [2.24, 2.45) is 0 Å². The van der Waals surface area contributed by atoms with Gasteiger partial charge in [-0.25, -0.2) is 0 Å². The third kappa shape index (κ3) is 2.91. The molecule has 0 fully saturated rings. The number of nitrogens with zero attached hydrogens (tertiary/aromatic N) is 1. The molecule has 0 aliphatic heterocycles. The SMILES string of the molecule is Cc1ccc(C)c(Cc2ccc([N+](=O)[O-])c(N)c2)c1. The maximum absolute atomic E-state index is 10.7. The van der Waals surface area contributed by atoms with Crippen LogP contribution in [-0.2, 0) is 6.42 Å². The summed E-state index contributed by atoms with van der Waals surface area (Å²) in [6.45, 7) is 4.11. The predicted molar refractivity (Wildman–Crippen MR) is 76.2 cm³/mol. The van der Waals surface area contributed by atoms with Gasteiger partial charge in [-0.2, -0.15) is 0 Å². The summed E-state index contributed by atoms with van der Waals surface area (Å²) in [6.07, 6.45) is 0.732. The van der Waals surface area contributed by atoms with E-state index in [1.807, 2.05) is 6.92 Å². The third-order valence-corrected chi connectivity index (χ3v) is 3.19. The average molecular weight is 256 g/mol. The molecular weight excluding hydrogens is 240 g/mol. The van der Waals surface area contributed by atoms with Crippen molar-refractivity contribution < 1.29 is 4.92 Å². The first kappa shape index (κ1) is 13.1. The molecule has 0 spiro atoms. The topological polar surface area (TPSA) is 69.2 Å². The summed E-state index contributed by atoms with van der Waals surface area (Å²) in [5.41, 5.74) is 10.5. The van der Waals surface area contributed by atoms with Crippen LogP contribution >= 0.6 is 0 Å². The van der Waals surface area contributed by atoms with Crippen LogP contribution in [-0.4, -0.2) is 4.92 Å². The second-order valence-corrected chi connectivity index (χ2v) is 4.76. The van der Waals surface area contributed by atoms with Gasteiger partial charge in [0.15, 0.2) is 0 Å². The van der Waals surface area contributed by atoms with Crippen LogP contribution < -0.4 is 5.73 Å². The fraction of sp³-hybridized carbons (Fsp3) is 0.200. The molecule has 0 atom stereocenters. The van der Waals surface area contributed by atoms with Gasteiger partial charge in [0.1, 0.15) is 5.69 Å². The molecule has 0 saturated heterocycles. The number of hydrogen-bond acceptors (Lipinski definition) is 3. The van der Waals surface area contributed by atoms with Gasteiger partial charge in [-0.3, -0.25) is 10.1 Å². The minimum absolute atomic E-state index is 0.0373. The molecule has 0 amide bonds. The van der Waals surface area contributed by atoms with E-state index in [2.05, 4.69) is 25.1 Å². The Balaban J connectivity index is 2.31. The van der Waals surface area contributed by atoms with Crippen LogP contribution in [0.1, 0.15) is 22.3 Å². The van der Waals surface area contributed by atoms with Crippen molar-refractivity contribution >= 4 is 11.4 Å². The molecule has 2 N–H and O–H groups in total. The molecule has 0 bridgehead atoms. The molecule has 4 heteroatoms. The molecule has 0 radical (unpaired) electrons. The standard InChI is InChI=1S/C15H16N2O2/c1-10-3-4-11(2)13(7-10)8-12-5-6-15(17(18)19)14(16)9-12/h3-7,9H,8,16H2,1-2H3. The van der Waals surface area contributed by atoms with Crippen LogP contribution in [0.2, 0.25) is 0 Å². The lowest BCUT2D eigenvalue weighted by Crippen LogP contribution is -1.98. The van der Waals surface area contributed by atoms with Crippen molar-refractivity contribution in [3.05, 3.63) is 68.8 Å². The highest BCUT2D eigenvalue weighted by atomic mass is 16.6. The summed E-state index contributed by atoms with van der Waals surface area (Å²) in [6, 6.07) is 11.2. The van der Waals surface area contributed by atoms with E-state index in [-0.39, 0.29) is 11.4 Å². The monoisotopic (exact) mass is 256 g/mol. The molecule has 0 unspecified atom stereocenters. The number of rotatable bonds is 3. The van der Waals surface area contributed by atoms with Gasteiger partial charge >= 0.3 is 0 Å². The quantitative estimate of drug-likeness (QED) is 0.520. The third-order valence-electron chi connectivity index (χ3n) is 3.19. The smallest absolute Gasteiger partial charge is 0.292 e. The lowest BCUT2D eigenvalue weighted by atomic mass is 9.98. The highest BCUT2D eigenvalue weighted by Crippen LogP contribution is 2.24. The van der Waals surface area contributed by atoms with Crippen molar-refractivity contribution in [2.45, 2.75) is 20.3 Å². The first-order valence-corrected chi connectivity index (χ1v) is 6.06. The van der Waals surface area contributed by atoms with Crippen LogP contribution in [0.4, 0.5) is 11.4 Å². The van der Waals surface area contributed by atoms with E-state index in [1.165, 1.54) is 22.8 Å². The van der Waals surface area contributed by atoms with Crippen LogP contribution in [0.3, 0.4) is 0 Å². The Bertz CT molecular complexity index is 636. The van der Waals surface area contributed by atoms with E-state index in [0.29, 0.717) is 0 Å². The van der Waals surface area contributed by atoms with Gasteiger partial charge in [0, 0.05) is 6.07 Å². The number of nitro groups is 1. The second-order valence-electron chi connectivity index (χ2n) is 4.76. The Hall–Kier alpha value is -2.36. The second kappa shape index (κ2) is 5.10. The number of anilines is 1. The van der Waals surface area contributed by atoms with E-state index in [4.69, 9.17) is 5.73 Å². The van der Waals surface area contributed by atoms with E-state index < -0.39 is 4.92 Å². The van der Waals surface area contributed by atoms with Crippen LogP contribution in [0, 0.1) is 24.0 Å². The highest BCUT2D eigenvalue weighted by molar-refractivity contribution is 5.59. The minimum Gasteiger partial charge on any atom is -0.393 e. The molecule has 0 aromatic heterocycles. The van der Waals surface area contributed by atoms with E-state index >= 15 is 0 Å². The maximum atomic E-state index is 10.7. The number of benzene rings is 2. The van der Waals surface area contributed by atoms with Gasteiger partial charge < -0.3 is 5.73 Å². The molecule has 98 valence electrons. The number of nitrogens with two attached hydrogens (primary N) is 1. The number of nitrogen functional groups attached to an aromatic ring is 1. The molecule has 0 saturated carbocycles. The van der Waals surface area contributed by atoms with Gasteiger partial charge in [-0.15, -0.1) is 0 Å². The first-order valence-electron chi connectivity index (χ1n) is 6.06. The number of aryl methyl sites for hydroxylation is 2. The fourth-order valence-corrected chi connectivity index (χ4v) is 2.09. The largest absolute Gasteiger partial charge is 0.393 e. The molecule has 19 heavy (non-hydrogen) atoms. The summed E-state index contributed by atoms with van der Waals surface area (Å²) >= 11 is 0. The van der Waals surface area contributed by atoms with Gasteiger partial charge in [-0.1, -0.05) is 29.8 Å². The van der Waals surface area contributed by atoms with Crippen molar-refractivity contribution in [3.63, 3.8) is 0 Å². The molecule has 4 nitrogen and oxygen atoms in total. The van der Waals surface area contributed by atoms with Crippen LogP contribution in [0.25, 0.3) is 0 Å². The summed E-state index contributed by atoms with van der Waals surface area (Å²) in [4.78, 5) is 10.3. The molecule has 2 aromatic carbocycles. The summed E-state index contributed by atoms with van der Waals surface area (Å²) in [5, 5.41) is 10.7. The van der Waals surface area contributed by atoms with Gasteiger partial charge in [-0.05, 0) is 43.0 Å². The van der Waals surface area contributed by atoms with Crippen molar-refractivity contribution in [3.8, 4) is 0 Å². The molecular formula is C15H16N2O2. The number of nitro benzene ring substituents is 1. The van der Waals surface area contributed by atoms with Crippen LogP contribution in [0.15, 0.2) is 36.4 Å². The lowest BCUT2D eigenvalue weighted by Gasteiger charge is -2.08. The Morgan fingerprint density at radius 1 is 1.16 bits per heavy atom. The first-order chi connectivity index (χ1) is 8.97. The number of hydrogen-bond donors (Lipinski definition) is 1. The minimum atomic E-state index is -0.461. The van der Waals surface area contributed by atoms with Crippen molar-refractivity contribution in [1.29, 1.82) is 0 Å². The lowest BCUT2D eigenvalue weighted by molar-refractivity contribution is -0.383. The molecule has 2 aromatic rings. The van der Waals surface area contributed by atoms with Gasteiger partial charge in [0.05, 0.1) is 4.92 Å². The molecule has 0 aliphatic carbocycles. The Morgan fingerprint density at radius 3 is 2.53 bits per heavy atom. The zero-order valence-electron chi connectivity index (χ0n) is 11.0. The fourth-order valence-electron chi connectivity index (χ4n) is 2.09. The normalized spacial score (nSPS) is 10.4. The van der Waals surface area contributed by atoms with Crippen LogP contribution in [0.5, 0.6) is 0 Å².